The first-order valence-electron chi connectivity index (χ1n) is 7.41. The Morgan fingerprint density at radius 3 is 2.35 bits per heavy atom. The van der Waals surface area contributed by atoms with Crippen molar-refractivity contribution in [3.8, 4) is 5.75 Å². The lowest BCUT2D eigenvalue weighted by Gasteiger charge is -2.15. The molecule has 0 amide bonds. The van der Waals surface area contributed by atoms with Crippen molar-refractivity contribution in [3.63, 3.8) is 0 Å². The summed E-state index contributed by atoms with van der Waals surface area (Å²) in [4.78, 5) is 8.35. The number of ether oxygens (including phenoxy) is 1. The maximum Gasteiger partial charge on any atom is 0.159 e. The number of rotatable bonds is 5. The number of anilines is 5. The summed E-state index contributed by atoms with van der Waals surface area (Å²) >= 11 is 18.0. The molecule has 0 saturated heterocycles. The fourth-order valence-electron chi connectivity index (χ4n) is 2.21. The van der Waals surface area contributed by atoms with E-state index >= 15 is 0 Å². The van der Waals surface area contributed by atoms with E-state index < -0.39 is 0 Å². The number of hydrogen-bond donors (Lipinski definition) is 3. The summed E-state index contributed by atoms with van der Waals surface area (Å²) < 4.78 is 5.31. The van der Waals surface area contributed by atoms with Gasteiger partial charge >= 0.3 is 0 Å². The lowest BCUT2D eigenvalue weighted by atomic mass is 10.2. The van der Waals surface area contributed by atoms with Crippen LogP contribution in [-0.2, 0) is 0 Å². The minimum absolute atomic E-state index is 0.320. The van der Waals surface area contributed by atoms with Gasteiger partial charge in [-0.15, -0.1) is 0 Å². The van der Waals surface area contributed by atoms with Crippen LogP contribution in [0.1, 0.15) is 0 Å². The van der Waals surface area contributed by atoms with Crippen LogP contribution < -0.4 is 21.1 Å². The summed E-state index contributed by atoms with van der Waals surface area (Å²) in [5.74, 6) is 1.43. The normalized spacial score (nSPS) is 10.5. The zero-order chi connectivity index (χ0) is 18.7. The van der Waals surface area contributed by atoms with Crippen LogP contribution in [0.4, 0.5) is 28.7 Å². The molecule has 0 aliphatic carbocycles. The van der Waals surface area contributed by atoms with Crippen molar-refractivity contribution in [1.82, 2.24) is 9.97 Å². The third-order valence-corrected chi connectivity index (χ3v) is 4.45. The van der Waals surface area contributed by atoms with Gasteiger partial charge in [0.15, 0.2) is 11.6 Å². The molecule has 26 heavy (non-hydrogen) atoms. The van der Waals surface area contributed by atoms with Crippen molar-refractivity contribution >= 4 is 63.5 Å². The maximum absolute atomic E-state index is 6.19. The van der Waals surface area contributed by atoms with Crippen LogP contribution in [0.5, 0.6) is 5.75 Å². The first-order valence-corrected chi connectivity index (χ1v) is 8.54. The molecule has 3 rings (SSSR count). The Morgan fingerprint density at radius 2 is 1.65 bits per heavy atom. The highest BCUT2D eigenvalue weighted by Crippen LogP contribution is 2.34. The molecule has 0 spiro atoms. The second-order valence-corrected chi connectivity index (χ2v) is 6.46. The number of aromatic nitrogens is 2. The highest BCUT2D eigenvalue weighted by molar-refractivity contribution is 6.42. The molecule has 4 N–H and O–H groups in total. The highest BCUT2D eigenvalue weighted by Gasteiger charge is 2.12. The molecule has 134 valence electrons. The molecule has 0 unspecified atom stereocenters. The lowest BCUT2D eigenvalue weighted by molar-refractivity contribution is 0.417. The van der Waals surface area contributed by atoms with Crippen molar-refractivity contribution < 1.29 is 4.74 Å². The Hall–Kier alpha value is -2.41. The van der Waals surface area contributed by atoms with Gasteiger partial charge in [0.25, 0.3) is 0 Å². The van der Waals surface area contributed by atoms with Crippen LogP contribution in [0.3, 0.4) is 0 Å². The topological polar surface area (TPSA) is 85.1 Å². The number of hydrogen-bond acceptors (Lipinski definition) is 6. The van der Waals surface area contributed by atoms with Gasteiger partial charge < -0.3 is 21.1 Å². The van der Waals surface area contributed by atoms with Gasteiger partial charge in [0.2, 0.25) is 0 Å². The predicted molar refractivity (Wildman–Crippen MR) is 107 cm³/mol. The SMILES string of the molecule is COc1ccc(Cl)cc1Nc1ncnc(Nc2ccc(Cl)c(Cl)c2)c1N. The van der Waals surface area contributed by atoms with Gasteiger partial charge in [-0.1, -0.05) is 34.8 Å². The lowest BCUT2D eigenvalue weighted by Crippen LogP contribution is -2.05. The van der Waals surface area contributed by atoms with Crippen molar-refractivity contribution in [3.05, 3.63) is 57.8 Å². The summed E-state index contributed by atoms with van der Waals surface area (Å²) in [6, 6.07) is 10.3. The Kier molecular flexibility index (Phi) is 5.56. The molecule has 0 atom stereocenters. The molecule has 0 fully saturated rings. The Bertz CT molecular complexity index is 952. The summed E-state index contributed by atoms with van der Waals surface area (Å²) in [5.41, 5.74) is 7.83. The Balaban J connectivity index is 1.90. The number of nitrogens with one attached hydrogen (secondary N) is 2. The fourth-order valence-corrected chi connectivity index (χ4v) is 2.68. The van der Waals surface area contributed by atoms with Crippen molar-refractivity contribution in [1.29, 1.82) is 0 Å². The Morgan fingerprint density at radius 1 is 0.923 bits per heavy atom. The standard InChI is InChI=1S/C17H14Cl3N5O/c1-26-14-5-2-9(18)6-13(14)25-17-15(21)16(22-8-23-17)24-10-3-4-11(19)12(20)7-10/h2-8H,21H2,1H3,(H2,22,23,24,25). The van der Waals surface area contributed by atoms with Gasteiger partial charge in [0.1, 0.15) is 17.8 Å². The fraction of sp³-hybridized carbons (Fsp3) is 0.0588. The minimum Gasteiger partial charge on any atom is -0.495 e. The molecule has 0 aliphatic heterocycles. The second-order valence-electron chi connectivity index (χ2n) is 5.21. The van der Waals surface area contributed by atoms with Crippen LogP contribution in [0.15, 0.2) is 42.7 Å². The van der Waals surface area contributed by atoms with E-state index in [9.17, 15) is 0 Å². The summed E-state index contributed by atoms with van der Waals surface area (Å²) in [5, 5.41) is 7.63. The molecule has 0 aliphatic rings. The molecule has 0 radical (unpaired) electrons. The van der Waals surface area contributed by atoms with E-state index in [1.54, 1.807) is 43.5 Å². The smallest absolute Gasteiger partial charge is 0.159 e. The van der Waals surface area contributed by atoms with E-state index in [1.807, 2.05) is 0 Å². The van der Waals surface area contributed by atoms with Crippen LogP contribution in [0.25, 0.3) is 0 Å². The molecule has 0 bridgehead atoms. The van der Waals surface area contributed by atoms with Crippen molar-refractivity contribution in [2.45, 2.75) is 0 Å². The summed E-state index contributed by atoms with van der Waals surface area (Å²) in [7, 11) is 1.56. The molecular formula is C17H14Cl3N5O. The maximum atomic E-state index is 6.19. The van der Waals surface area contributed by atoms with E-state index in [1.165, 1.54) is 6.33 Å². The van der Waals surface area contributed by atoms with E-state index in [-0.39, 0.29) is 0 Å². The number of benzene rings is 2. The van der Waals surface area contributed by atoms with Gasteiger partial charge in [-0.25, -0.2) is 9.97 Å². The summed E-state index contributed by atoms with van der Waals surface area (Å²) in [6.07, 6.45) is 1.38. The zero-order valence-corrected chi connectivity index (χ0v) is 15.8. The average Bonchev–Trinajstić information content (AvgIpc) is 2.62. The number of methoxy groups -OCH3 is 1. The second kappa shape index (κ2) is 7.86. The molecule has 6 nitrogen and oxygen atoms in total. The average molecular weight is 411 g/mol. The quantitative estimate of drug-likeness (QED) is 0.514. The number of nitrogens with two attached hydrogens (primary N) is 1. The van der Waals surface area contributed by atoms with E-state index in [0.29, 0.717) is 49.5 Å². The molecule has 3 aromatic rings. The molecule has 9 heteroatoms. The molecule has 0 saturated carbocycles. The van der Waals surface area contributed by atoms with Gasteiger partial charge in [0.05, 0.1) is 22.8 Å². The van der Waals surface area contributed by atoms with Gasteiger partial charge in [-0.05, 0) is 36.4 Å². The van der Waals surface area contributed by atoms with Crippen LogP contribution in [-0.4, -0.2) is 17.1 Å². The van der Waals surface area contributed by atoms with Crippen molar-refractivity contribution in [2.75, 3.05) is 23.5 Å². The first-order chi connectivity index (χ1) is 12.5. The predicted octanol–water partition coefficient (Wildman–Crippen LogP) is 5.51. The van der Waals surface area contributed by atoms with E-state index in [4.69, 9.17) is 45.3 Å². The molecule has 2 aromatic carbocycles. The van der Waals surface area contributed by atoms with Crippen LogP contribution in [0.2, 0.25) is 15.1 Å². The minimum atomic E-state index is 0.320. The first kappa shape index (κ1) is 18.4. The monoisotopic (exact) mass is 409 g/mol. The van der Waals surface area contributed by atoms with E-state index in [0.717, 1.165) is 0 Å². The number of halogens is 3. The van der Waals surface area contributed by atoms with Crippen LogP contribution >= 0.6 is 34.8 Å². The summed E-state index contributed by atoms with van der Waals surface area (Å²) in [6.45, 7) is 0. The van der Waals surface area contributed by atoms with E-state index in [2.05, 4.69) is 20.6 Å². The largest absolute Gasteiger partial charge is 0.495 e. The zero-order valence-electron chi connectivity index (χ0n) is 13.6. The molecule has 1 aromatic heterocycles. The van der Waals surface area contributed by atoms with Gasteiger partial charge in [-0.2, -0.15) is 0 Å². The number of nitrogens with zero attached hydrogens (tertiary/aromatic N) is 2. The third-order valence-electron chi connectivity index (χ3n) is 3.48. The number of nitrogen functional groups attached to an aromatic ring is 1. The van der Waals surface area contributed by atoms with Gasteiger partial charge in [-0.3, -0.25) is 0 Å². The van der Waals surface area contributed by atoms with Gasteiger partial charge in [0, 0.05) is 10.7 Å². The van der Waals surface area contributed by atoms with Crippen molar-refractivity contribution in [2.24, 2.45) is 0 Å². The van der Waals surface area contributed by atoms with Crippen LogP contribution in [0, 0.1) is 0 Å². The Labute approximate surface area is 165 Å². The highest BCUT2D eigenvalue weighted by atomic mass is 35.5. The molecule has 1 heterocycles. The third kappa shape index (κ3) is 4.04. The molecular weight excluding hydrogens is 397 g/mol.